The summed E-state index contributed by atoms with van der Waals surface area (Å²) in [4.78, 5) is 0. The Balaban J connectivity index is 2.23. The maximum Gasteiger partial charge on any atom is 0.177 e. The highest BCUT2D eigenvalue weighted by molar-refractivity contribution is 7.08. The number of allylic oxidation sites excluding steroid dienone is 2. The van der Waals surface area contributed by atoms with Crippen molar-refractivity contribution in [3.05, 3.63) is 28.2 Å². The Bertz CT molecular complexity index is 299. The molecule has 0 aromatic carbocycles. The van der Waals surface area contributed by atoms with Gasteiger partial charge in [-0.3, -0.25) is 0 Å². The monoisotopic (exact) mass is 182 g/mol. The molecule has 1 aromatic rings. The maximum atomic E-state index is 12.7. The van der Waals surface area contributed by atoms with Crippen LogP contribution in [-0.2, 0) is 0 Å². The molecule has 0 atom stereocenters. The van der Waals surface area contributed by atoms with Crippen molar-refractivity contribution >= 4 is 16.9 Å². The van der Waals surface area contributed by atoms with Gasteiger partial charge in [-0.05, 0) is 42.9 Å². The van der Waals surface area contributed by atoms with Crippen LogP contribution in [0.5, 0.6) is 0 Å². The molecule has 0 bridgehead atoms. The van der Waals surface area contributed by atoms with Gasteiger partial charge in [-0.2, -0.15) is 4.39 Å². The average Bonchev–Trinajstić information content (AvgIpc) is 2.54. The minimum Gasteiger partial charge on any atom is -0.195 e. The number of rotatable bonds is 1. The van der Waals surface area contributed by atoms with Crippen molar-refractivity contribution in [3.63, 3.8) is 0 Å². The maximum absolute atomic E-state index is 12.7. The van der Waals surface area contributed by atoms with Crippen molar-refractivity contribution in [2.75, 3.05) is 0 Å². The van der Waals surface area contributed by atoms with Crippen molar-refractivity contribution in [3.8, 4) is 0 Å². The lowest BCUT2D eigenvalue weighted by Crippen LogP contribution is -1.89. The summed E-state index contributed by atoms with van der Waals surface area (Å²) in [7, 11) is 0. The van der Waals surface area contributed by atoms with Gasteiger partial charge in [0, 0.05) is 5.38 Å². The predicted octanol–water partition coefficient (Wildman–Crippen LogP) is 3.84. The van der Waals surface area contributed by atoms with E-state index in [1.54, 1.807) is 6.07 Å². The zero-order valence-electron chi connectivity index (χ0n) is 6.85. The van der Waals surface area contributed by atoms with E-state index in [1.165, 1.54) is 29.8 Å². The number of halogens is 1. The first-order valence-electron chi connectivity index (χ1n) is 4.30. The number of hydrogen-bond donors (Lipinski definition) is 0. The molecule has 0 saturated carbocycles. The van der Waals surface area contributed by atoms with Crippen molar-refractivity contribution < 1.29 is 4.39 Å². The molecule has 0 unspecified atom stereocenters. The molecule has 0 N–H and O–H groups in total. The Morgan fingerprint density at radius 1 is 1.33 bits per heavy atom. The van der Waals surface area contributed by atoms with Crippen molar-refractivity contribution in [2.24, 2.45) is 0 Å². The van der Waals surface area contributed by atoms with Crippen LogP contribution in [0.2, 0.25) is 0 Å². The normalized spacial score (nSPS) is 17.6. The van der Waals surface area contributed by atoms with Crippen LogP contribution in [0.25, 0.3) is 5.57 Å². The Labute approximate surface area is 75.7 Å². The van der Waals surface area contributed by atoms with Gasteiger partial charge < -0.3 is 0 Å². The third kappa shape index (κ3) is 1.58. The summed E-state index contributed by atoms with van der Waals surface area (Å²) >= 11 is 1.19. The van der Waals surface area contributed by atoms with E-state index >= 15 is 0 Å². The van der Waals surface area contributed by atoms with E-state index in [-0.39, 0.29) is 5.13 Å². The lowest BCUT2D eigenvalue weighted by Gasteiger charge is -2.10. The predicted molar refractivity (Wildman–Crippen MR) is 50.7 cm³/mol. The van der Waals surface area contributed by atoms with E-state index in [4.69, 9.17) is 0 Å². The lowest BCUT2D eigenvalue weighted by atomic mass is 9.96. The molecule has 2 rings (SSSR count). The highest BCUT2D eigenvalue weighted by Crippen LogP contribution is 2.29. The van der Waals surface area contributed by atoms with Gasteiger partial charge in [-0.25, -0.2) is 0 Å². The highest BCUT2D eigenvalue weighted by Gasteiger charge is 2.07. The van der Waals surface area contributed by atoms with Crippen molar-refractivity contribution in [1.82, 2.24) is 0 Å². The Morgan fingerprint density at radius 2 is 2.25 bits per heavy atom. The van der Waals surface area contributed by atoms with E-state index in [1.807, 2.05) is 5.38 Å². The molecule has 0 nitrogen and oxygen atoms in total. The summed E-state index contributed by atoms with van der Waals surface area (Å²) in [6.07, 6.45) is 7.06. The average molecular weight is 182 g/mol. The molecule has 0 saturated heterocycles. The zero-order chi connectivity index (χ0) is 8.39. The Kier molecular flexibility index (Phi) is 2.26. The van der Waals surface area contributed by atoms with Crippen LogP contribution in [0.1, 0.15) is 31.2 Å². The van der Waals surface area contributed by atoms with Crippen LogP contribution in [-0.4, -0.2) is 0 Å². The van der Waals surface area contributed by atoms with E-state index in [0.717, 1.165) is 18.4 Å². The van der Waals surface area contributed by atoms with Gasteiger partial charge in [0.15, 0.2) is 5.13 Å². The zero-order valence-corrected chi connectivity index (χ0v) is 7.66. The van der Waals surface area contributed by atoms with E-state index in [0.29, 0.717) is 0 Å². The quantitative estimate of drug-likeness (QED) is 0.619. The molecule has 1 heterocycles. The Hall–Kier alpha value is -0.630. The molecule has 0 amide bonds. The Morgan fingerprint density at radius 3 is 2.83 bits per heavy atom. The molecule has 0 aliphatic heterocycles. The molecule has 2 heteroatoms. The molecule has 64 valence electrons. The molecule has 0 fully saturated rings. The molecular formula is C10H11FS. The third-order valence-electron chi connectivity index (χ3n) is 2.23. The van der Waals surface area contributed by atoms with Gasteiger partial charge in [0.25, 0.3) is 0 Å². The first-order chi connectivity index (χ1) is 5.86. The summed E-state index contributed by atoms with van der Waals surface area (Å²) in [5, 5.41) is 1.84. The molecule has 0 radical (unpaired) electrons. The van der Waals surface area contributed by atoms with Gasteiger partial charge in [-0.15, -0.1) is 11.3 Å². The number of hydrogen-bond acceptors (Lipinski definition) is 1. The first-order valence-corrected chi connectivity index (χ1v) is 5.17. The fourth-order valence-corrected chi connectivity index (χ4v) is 2.23. The van der Waals surface area contributed by atoms with Crippen LogP contribution in [0, 0.1) is 5.13 Å². The summed E-state index contributed by atoms with van der Waals surface area (Å²) < 4.78 is 12.7. The van der Waals surface area contributed by atoms with Crippen molar-refractivity contribution in [1.29, 1.82) is 0 Å². The van der Waals surface area contributed by atoms with Gasteiger partial charge in [0.1, 0.15) is 0 Å². The second kappa shape index (κ2) is 3.40. The molecule has 1 aliphatic carbocycles. The lowest BCUT2D eigenvalue weighted by molar-refractivity contribution is 0.656. The fourth-order valence-electron chi connectivity index (χ4n) is 1.58. The minimum absolute atomic E-state index is 0.0727. The van der Waals surface area contributed by atoms with E-state index in [9.17, 15) is 4.39 Å². The van der Waals surface area contributed by atoms with E-state index < -0.39 is 0 Å². The van der Waals surface area contributed by atoms with Gasteiger partial charge in [0.05, 0.1) is 0 Å². The molecule has 1 aliphatic rings. The van der Waals surface area contributed by atoms with Crippen LogP contribution in [0.15, 0.2) is 17.5 Å². The van der Waals surface area contributed by atoms with E-state index in [2.05, 4.69) is 6.08 Å². The summed E-state index contributed by atoms with van der Waals surface area (Å²) in [5.74, 6) is 0. The fraction of sp³-hybridized carbons (Fsp3) is 0.400. The minimum atomic E-state index is -0.0727. The van der Waals surface area contributed by atoms with Gasteiger partial charge in [-0.1, -0.05) is 6.08 Å². The van der Waals surface area contributed by atoms with Crippen LogP contribution < -0.4 is 0 Å². The smallest absolute Gasteiger partial charge is 0.177 e. The van der Waals surface area contributed by atoms with Gasteiger partial charge >= 0.3 is 0 Å². The largest absolute Gasteiger partial charge is 0.195 e. The SMILES string of the molecule is Fc1cc(C2=CCCCC2)cs1. The summed E-state index contributed by atoms with van der Waals surface area (Å²) in [6.45, 7) is 0. The summed E-state index contributed by atoms with van der Waals surface area (Å²) in [5.41, 5.74) is 2.43. The molecule has 1 aromatic heterocycles. The van der Waals surface area contributed by atoms with Crippen molar-refractivity contribution in [2.45, 2.75) is 25.7 Å². The number of thiophene rings is 1. The second-order valence-corrected chi connectivity index (χ2v) is 3.98. The van der Waals surface area contributed by atoms with Crippen LogP contribution in [0.4, 0.5) is 4.39 Å². The molecule has 0 spiro atoms. The highest BCUT2D eigenvalue weighted by atomic mass is 32.1. The molecular weight excluding hydrogens is 171 g/mol. The standard InChI is InChI=1S/C10H11FS/c11-10-6-9(7-12-10)8-4-2-1-3-5-8/h4,6-7H,1-3,5H2. The second-order valence-electron chi connectivity index (χ2n) is 3.11. The van der Waals surface area contributed by atoms with Crippen LogP contribution in [0.3, 0.4) is 0 Å². The summed E-state index contributed by atoms with van der Waals surface area (Å²) in [6, 6.07) is 1.64. The topological polar surface area (TPSA) is 0 Å². The third-order valence-corrected chi connectivity index (χ3v) is 2.94. The molecule has 12 heavy (non-hydrogen) atoms. The first kappa shape index (κ1) is 7.99. The van der Waals surface area contributed by atoms with Gasteiger partial charge in [0.2, 0.25) is 0 Å². The van der Waals surface area contributed by atoms with Crippen LogP contribution >= 0.6 is 11.3 Å².